The molecule has 3 rings (SSSR count). The van der Waals surface area contributed by atoms with Crippen LogP contribution in [0.25, 0.3) is 0 Å². The second kappa shape index (κ2) is 12.3. The summed E-state index contributed by atoms with van der Waals surface area (Å²) in [6, 6.07) is 17.4. The van der Waals surface area contributed by atoms with Crippen LogP contribution in [0.4, 0.5) is 0 Å². The molecule has 1 heterocycles. The number of aliphatic hydroxyl groups is 1. The van der Waals surface area contributed by atoms with E-state index in [0.29, 0.717) is 25.9 Å². The smallest absolute Gasteiger partial charge is 0.316 e. The van der Waals surface area contributed by atoms with Gasteiger partial charge in [-0.1, -0.05) is 74.9 Å². The van der Waals surface area contributed by atoms with E-state index in [1.165, 1.54) is 0 Å². The van der Waals surface area contributed by atoms with Crippen molar-refractivity contribution in [1.82, 2.24) is 0 Å². The standard InChI is InChI=1S/C30H42O7S/c1-28(2,22-38(33,34)18-17-31)15-10-16-30(5,27(32)35-20-23-11-7-6-8-12-23)25-14-9-13-24(19-25)26-21-36-29(3,4)37-26/h6-9,11-14,19,26,31H,10,15-18,20-22H2,1-5H3/t26-,30+/m0/s1. The first-order chi connectivity index (χ1) is 17.8. The molecule has 0 bridgehead atoms. The molecule has 1 N–H and O–H groups in total. The molecule has 8 heteroatoms. The molecular weight excluding hydrogens is 504 g/mol. The third-order valence-electron chi connectivity index (χ3n) is 7.11. The van der Waals surface area contributed by atoms with Crippen molar-refractivity contribution in [3.05, 3.63) is 71.3 Å². The first-order valence-corrected chi connectivity index (χ1v) is 15.0. The number of rotatable bonds is 13. The van der Waals surface area contributed by atoms with Crippen LogP contribution in [-0.4, -0.2) is 50.0 Å². The predicted octanol–water partition coefficient (Wildman–Crippen LogP) is 5.12. The fourth-order valence-corrected chi connectivity index (χ4v) is 6.74. The Balaban J connectivity index is 1.81. The molecule has 0 spiro atoms. The fraction of sp³-hybridized carbons (Fsp3) is 0.567. The van der Waals surface area contributed by atoms with Gasteiger partial charge in [0.25, 0.3) is 0 Å². The van der Waals surface area contributed by atoms with E-state index in [4.69, 9.17) is 19.3 Å². The Hall–Kier alpha value is -2.26. The molecule has 0 amide bonds. The van der Waals surface area contributed by atoms with Crippen LogP contribution in [0.1, 0.15) is 76.7 Å². The van der Waals surface area contributed by atoms with Crippen LogP contribution in [0.2, 0.25) is 0 Å². The van der Waals surface area contributed by atoms with Gasteiger partial charge in [-0.3, -0.25) is 4.79 Å². The van der Waals surface area contributed by atoms with Gasteiger partial charge in [-0.25, -0.2) is 8.42 Å². The first-order valence-electron chi connectivity index (χ1n) is 13.2. The number of carbonyl (C=O) groups is 1. The summed E-state index contributed by atoms with van der Waals surface area (Å²) in [4.78, 5) is 13.6. The number of aliphatic hydroxyl groups excluding tert-OH is 1. The van der Waals surface area contributed by atoms with Crippen molar-refractivity contribution in [3.8, 4) is 0 Å². The molecule has 1 saturated heterocycles. The zero-order valence-corrected chi connectivity index (χ0v) is 24.1. The first kappa shape index (κ1) is 30.3. The van der Waals surface area contributed by atoms with Gasteiger partial charge in [-0.2, -0.15) is 0 Å². The molecule has 210 valence electrons. The molecule has 2 atom stereocenters. The average molecular weight is 547 g/mol. The zero-order chi connectivity index (χ0) is 28.0. The van der Waals surface area contributed by atoms with Crippen molar-refractivity contribution in [3.63, 3.8) is 0 Å². The van der Waals surface area contributed by atoms with Crippen molar-refractivity contribution in [2.75, 3.05) is 24.7 Å². The molecule has 1 fully saturated rings. The van der Waals surface area contributed by atoms with E-state index in [-0.39, 0.29) is 36.8 Å². The van der Waals surface area contributed by atoms with Crippen LogP contribution in [0.3, 0.4) is 0 Å². The molecule has 2 aromatic rings. The minimum absolute atomic E-state index is 0.0139. The monoisotopic (exact) mass is 546 g/mol. The normalized spacial score (nSPS) is 19.2. The van der Waals surface area contributed by atoms with E-state index in [9.17, 15) is 13.2 Å². The summed E-state index contributed by atoms with van der Waals surface area (Å²) in [7, 11) is -3.36. The van der Waals surface area contributed by atoms with Gasteiger partial charge in [0.05, 0.1) is 30.1 Å². The molecule has 0 radical (unpaired) electrons. The van der Waals surface area contributed by atoms with Crippen LogP contribution in [0.15, 0.2) is 54.6 Å². The predicted molar refractivity (Wildman–Crippen MR) is 147 cm³/mol. The maximum Gasteiger partial charge on any atom is 0.316 e. The molecule has 0 aliphatic carbocycles. The minimum Gasteiger partial charge on any atom is -0.460 e. The van der Waals surface area contributed by atoms with Crippen LogP contribution < -0.4 is 0 Å². The molecular formula is C30H42O7S. The number of benzene rings is 2. The molecule has 2 aromatic carbocycles. The highest BCUT2D eigenvalue weighted by Gasteiger charge is 2.39. The maximum absolute atomic E-state index is 13.6. The van der Waals surface area contributed by atoms with Gasteiger partial charge in [0.15, 0.2) is 15.6 Å². The summed E-state index contributed by atoms with van der Waals surface area (Å²) >= 11 is 0. The van der Waals surface area contributed by atoms with Crippen LogP contribution >= 0.6 is 0 Å². The highest BCUT2D eigenvalue weighted by Crippen LogP contribution is 2.38. The van der Waals surface area contributed by atoms with E-state index in [1.54, 1.807) is 0 Å². The van der Waals surface area contributed by atoms with E-state index >= 15 is 0 Å². The minimum atomic E-state index is -3.36. The number of sulfone groups is 1. The van der Waals surface area contributed by atoms with Crippen molar-refractivity contribution in [2.45, 2.75) is 77.8 Å². The highest BCUT2D eigenvalue weighted by molar-refractivity contribution is 7.91. The lowest BCUT2D eigenvalue weighted by atomic mass is 9.75. The summed E-state index contributed by atoms with van der Waals surface area (Å²) in [6.07, 6.45) is 1.48. The van der Waals surface area contributed by atoms with Gasteiger partial charge in [-0.05, 0) is 55.7 Å². The van der Waals surface area contributed by atoms with E-state index in [2.05, 4.69) is 0 Å². The lowest BCUT2D eigenvalue weighted by Gasteiger charge is -2.31. The molecule has 0 aromatic heterocycles. The van der Waals surface area contributed by atoms with Crippen LogP contribution in [0.5, 0.6) is 0 Å². The Morgan fingerprint density at radius 2 is 1.79 bits per heavy atom. The summed E-state index contributed by atoms with van der Waals surface area (Å²) in [5.74, 6) is -1.25. The van der Waals surface area contributed by atoms with Gasteiger partial charge in [0.1, 0.15) is 12.7 Å². The Labute approximate surface area is 227 Å². The van der Waals surface area contributed by atoms with Crippen molar-refractivity contribution < 1.29 is 32.5 Å². The number of hydrogen-bond donors (Lipinski definition) is 1. The van der Waals surface area contributed by atoms with Crippen molar-refractivity contribution in [2.24, 2.45) is 5.41 Å². The summed E-state index contributed by atoms with van der Waals surface area (Å²) in [5, 5.41) is 9.08. The molecule has 38 heavy (non-hydrogen) atoms. The lowest BCUT2D eigenvalue weighted by molar-refractivity contribution is -0.152. The molecule has 1 aliphatic heterocycles. The second-order valence-corrected chi connectivity index (χ2v) is 13.9. The number of ether oxygens (including phenoxy) is 3. The largest absolute Gasteiger partial charge is 0.460 e. The van der Waals surface area contributed by atoms with E-state index in [0.717, 1.165) is 16.7 Å². The SMILES string of the molecule is CC(C)(CCC[C@@](C)(C(=O)OCc1ccccc1)c1cccc([C@@H]2COC(C)(C)O2)c1)CS(=O)(=O)CCO. The Kier molecular flexibility index (Phi) is 9.79. The van der Waals surface area contributed by atoms with Crippen LogP contribution in [-0.2, 0) is 40.9 Å². The fourth-order valence-electron chi connectivity index (χ4n) is 4.98. The molecule has 1 aliphatic rings. The highest BCUT2D eigenvalue weighted by atomic mass is 32.2. The van der Waals surface area contributed by atoms with Gasteiger partial charge < -0.3 is 19.3 Å². The summed E-state index contributed by atoms with van der Waals surface area (Å²) in [6.45, 7) is 9.70. The van der Waals surface area contributed by atoms with E-state index < -0.39 is 26.5 Å². The summed E-state index contributed by atoms with van der Waals surface area (Å²) in [5.41, 5.74) is 1.23. The maximum atomic E-state index is 13.6. The van der Waals surface area contributed by atoms with Crippen molar-refractivity contribution >= 4 is 15.8 Å². The molecule has 0 unspecified atom stereocenters. The third kappa shape index (κ3) is 8.37. The van der Waals surface area contributed by atoms with Gasteiger partial charge in [0, 0.05) is 0 Å². The zero-order valence-electron chi connectivity index (χ0n) is 23.2. The average Bonchev–Trinajstić information content (AvgIpc) is 3.21. The van der Waals surface area contributed by atoms with Crippen LogP contribution in [0, 0.1) is 5.41 Å². The van der Waals surface area contributed by atoms with Crippen molar-refractivity contribution in [1.29, 1.82) is 0 Å². The third-order valence-corrected chi connectivity index (χ3v) is 9.14. The quantitative estimate of drug-likeness (QED) is 0.348. The molecule has 0 saturated carbocycles. The van der Waals surface area contributed by atoms with Gasteiger partial charge in [0.2, 0.25) is 0 Å². The van der Waals surface area contributed by atoms with Gasteiger partial charge >= 0.3 is 5.97 Å². The Morgan fingerprint density at radius 1 is 1.08 bits per heavy atom. The van der Waals surface area contributed by atoms with Gasteiger partial charge in [-0.15, -0.1) is 0 Å². The summed E-state index contributed by atoms with van der Waals surface area (Å²) < 4.78 is 42.2. The van der Waals surface area contributed by atoms with E-state index in [1.807, 2.05) is 89.2 Å². The lowest BCUT2D eigenvalue weighted by Crippen LogP contribution is -2.35. The number of esters is 1. The molecule has 7 nitrogen and oxygen atoms in total. The number of hydrogen-bond acceptors (Lipinski definition) is 7. The second-order valence-electron chi connectivity index (χ2n) is 11.7. The topological polar surface area (TPSA) is 99.1 Å². The Morgan fingerprint density at radius 3 is 2.42 bits per heavy atom. The Bertz CT molecular complexity index is 1170. The number of carbonyl (C=O) groups excluding carboxylic acids is 1.